The van der Waals surface area contributed by atoms with Gasteiger partial charge in [0.1, 0.15) is 16.8 Å². The summed E-state index contributed by atoms with van der Waals surface area (Å²) in [5.74, 6) is 0.809. The van der Waals surface area contributed by atoms with Crippen molar-refractivity contribution < 1.29 is 8.42 Å². The quantitative estimate of drug-likeness (QED) is 0.821. The summed E-state index contributed by atoms with van der Waals surface area (Å²) in [7, 11) is -3.66. The number of anilines is 1. The Morgan fingerprint density at radius 3 is 2.34 bits per heavy atom. The van der Waals surface area contributed by atoms with Crippen molar-refractivity contribution in [2.24, 2.45) is 0 Å². The summed E-state index contributed by atoms with van der Waals surface area (Å²) in [6.07, 6.45) is 2.93. The number of pyridine rings is 1. The van der Waals surface area contributed by atoms with Crippen molar-refractivity contribution in [2.45, 2.75) is 63.9 Å². The van der Waals surface area contributed by atoms with Gasteiger partial charge in [-0.3, -0.25) is 4.68 Å². The van der Waals surface area contributed by atoms with E-state index in [1.54, 1.807) is 30.8 Å². The molecule has 29 heavy (non-hydrogen) atoms. The van der Waals surface area contributed by atoms with Gasteiger partial charge in [0.2, 0.25) is 10.0 Å². The molecular weight excluding hydrogens is 388 g/mol. The lowest BCUT2D eigenvalue weighted by molar-refractivity contribution is 0.345. The minimum Gasteiger partial charge on any atom is -0.357 e. The first-order valence-electron chi connectivity index (χ1n) is 9.73. The van der Waals surface area contributed by atoms with Gasteiger partial charge in [0.25, 0.3) is 0 Å². The number of nitriles is 1. The van der Waals surface area contributed by atoms with Crippen LogP contribution in [0.3, 0.4) is 0 Å². The molecule has 0 atom stereocenters. The van der Waals surface area contributed by atoms with E-state index in [2.05, 4.69) is 25.8 Å². The number of rotatable bonds is 4. The Balaban J connectivity index is 1.70. The summed E-state index contributed by atoms with van der Waals surface area (Å²) >= 11 is 0. The molecule has 0 radical (unpaired) electrons. The lowest BCUT2D eigenvalue weighted by Crippen LogP contribution is -2.45. The minimum absolute atomic E-state index is 0.133. The molecule has 1 saturated heterocycles. The van der Waals surface area contributed by atoms with Crippen LogP contribution >= 0.6 is 0 Å². The van der Waals surface area contributed by atoms with Gasteiger partial charge in [0, 0.05) is 25.3 Å². The van der Waals surface area contributed by atoms with Crippen molar-refractivity contribution in [1.82, 2.24) is 19.5 Å². The van der Waals surface area contributed by atoms with E-state index in [0.29, 0.717) is 42.9 Å². The number of hydrogen-bond acceptors (Lipinski definition) is 6. The van der Waals surface area contributed by atoms with Gasteiger partial charge in [-0.25, -0.2) is 18.1 Å². The van der Waals surface area contributed by atoms with Crippen LogP contribution in [0.25, 0.3) is 0 Å². The van der Waals surface area contributed by atoms with E-state index in [-0.39, 0.29) is 16.5 Å². The molecule has 0 aromatic carbocycles. The normalized spacial score (nSPS) is 16.1. The van der Waals surface area contributed by atoms with Crippen molar-refractivity contribution in [3.63, 3.8) is 0 Å². The maximum Gasteiger partial charge on any atom is 0.244 e. The van der Waals surface area contributed by atoms with Gasteiger partial charge in [-0.2, -0.15) is 10.4 Å². The highest BCUT2D eigenvalue weighted by Gasteiger charge is 2.31. The first-order valence-corrected chi connectivity index (χ1v) is 11.2. The fourth-order valence-corrected chi connectivity index (χ4v) is 5.51. The lowest BCUT2D eigenvalue weighted by Gasteiger charge is -2.33. The molecule has 156 valence electrons. The van der Waals surface area contributed by atoms with E-state index in [0.717, 1.165) is 5.82 Å². The Labute approximate surface area is 172 Å². The number of aryl methyl sites for hydroxylation is 1. The van der Waals surface area contributed by atoms with Crippen LogP contribution in [0, 0.1) is 25.2 Å². The fourth-order valence-electron chi connectivity index (χ4n) is 3.81. The Hall–Kier alpha value is -2.44. The van der Waals surface area contributed by atoms with Gasteiger partial charge in [0.05, 0.1) is 22.5 Å². The summed E-state index contributed by atoms with van der Waals surface area (Å²) < 4.78 is 30.8. The average Bonchev–Trinajstić information content (AvgIpc) is 2.97. The second kappa shape index (κ2) is 7.76. The van der Waals surface area contributed by atoms with Crippen molar-refractivity contribution in [3.05, 3.63) is 35.3 Å². The summed E-state index contributed by atoms with van der Waals surface area (Å²) in [4.78, 5) is 6.72. The highest BCUT2D eigenvalue weighted by molar-refractivity contribution is 7.89. The molecule has 0 unspecified atom stereocenters. The van der Waals surface area contributed by atoms with E-state index >= 15 is 0 Å². The van der Waals surface area contributed by atoms with Gasteiger partial charge < -0.3 is 4.90 Å². The highest BCUT2D eigenvalue weighted by atomic mass is 32.2. The van der Waals surface area contributed by atoms with Crippen molar-refractivity contribution in [1.29, 1.82) is 5.26 Å². The molecular formula is C20H28N6O2S. The molecule has 1 aliphatic heterocycles. The molecule has 1 fully saturated rings. The highest BCUT2D eigenvalue weighted by Crippen LogP contribution is 2.26. The van der Waals surface area contributed by atoms with E-state index in [4.69, 9.17) is 5.26 Å². The molecule has 2 aromatic heterocycles. The van der Waals surface area contributed by atoms with Gasteiger partial charge in [-0.1, -0.05) is 0 Å². The van der Waals surface area contributed by atoms with Crippen LogP contribution in [-0.4, -0.2) is 42.3 Å². The Morgan fingerprint density at radius 2 is 1.86 bits per heavy atom. The first-order chi connectivity index (χ1) is 13.5. The number of hydrogen-bond donors (Lipinski definition) is 1. The third kappa shape index (κ3) is 4.43. The van der Waals surface area contributed by atoms with Crippen LogP contribution < -0.4 is 9.62 Å². The van der Waals surface area contributed by atoms with Crippen LogP contribution in [0.4, 0.5) is 5.82 Å². The molecule has 2 aromatic rings. The lowest BCUT2D eigenvalue weighted by atomic mass is 10.1. The van der Waals surface area contributed by atoms with Crippen molar-refractivity contribution >= 4 is 15.8 Å². The smallest absolute Gasteiger partial charge is 0.244 e. The molecule has 1 aliphatic rings. The molecule has 3 rings (SSSR count). The molecule has 8 nitrogen and oxygen atoms in total. The first kappa shape index (κ1) is 21.3. The molecule has 0 spiro atoms. The molecule has 3 heterocycles. The number of piperidine rings is 1. The molecule has 0 bridgehead atoms. The van der Waals surface area contributed by atoms with Crippen molar-refractivity contribution in [2.75, 3.05) is 18.0 Å². The van der Waals surface area contributed by atoms with Gasteiger partial charge in [0.15, 0.2) is 0 Å². The fraction of sp³-hybridized carbons (Fsp3) is 0.550. The predicted octanol–water partition coefficient (Wildman–Crippen LogP) is 2.47. The van der Waals surface area contributed by atoms with Crippen LogP contribution in [0.5, 0.6) is 0 Å². The Kier molecular flexibility index (Phi) is 5.70. The number of aromatic nitrogens is 3. The maximum absolute atomic E-state index is 13.1. The van der Waals surface area contributed by atoms with E-state index in [1.165, 1.54) is 0 Å². The molecule has 0 aliphatic carbocycles. The number of sulfonamides is 1. The second-order valence-corrected chi connectivity index (χ2v) is 10.1. The average molecular weight is 417 g/mol. The van der Waals surface area contributed by atoms with E-state index < -0.39 is 10.0 Å². The van der Waals surface area contributed by atoms with Crippen LogP contribution in [-0.2, 0) is 15.6 Å². The minimum atomic E-state index is -3.66. The largest absolute Gasteiger partial charge is 0.357 e. The van der Waals surface area contributed by atoms with Crippen LogP contribution in [0.1, 0.15) is 50.6 Å². The standard InChI is InChI=1S/C20H28N6O2S/c1-14-19(15(2)26(23-14)20(3,4)5)29(27,28)24-17-8-10-25(11-9-17)18-7-6-16(12-21)13-22-18/h6-7,13,17,24H,8-11H2,1-5H3. The van der Waals surface area contributed by atoms with Gasteiger partial charge in [-0.15, -0.1) is 0 Å². The van der Waals surface area contributed by atoms with Crippen molar-refractivity contribution in [3.8, 4) is 6.07 Å². The molecule has 0 saturated carbocycles. The summed E-state index contributed by atoms with van der Waals surface area (Å²) in [5, 5.41) is 13.4. The maximum atomic E-state index is 13.1. The summed E-state index contributed by atoms with van der Waals surface area (Å²) in [5.41, 5.74) is 1.41. The van der Waals surface area contributed by atoms with E-state index in [9.17, 15) is 8.42 Å². The number of nitrogens with zero attached hydrogens (tertiary/aromatic N) is 5. The molecule has 1 N–H and O–H groups in total. The second-order valence-electron chi connectivity index (χ2n) is 8.48. The summed E-state index contributed by atoms with van der Waals surface area (Å²) in [6, 6.07) is 5.50. The zero-order chi connectivity index (χ0) is 21.4. The predicted molar refractivity (Wildman–Crippen MR) is 111 cm³/mol. The number of nitrogens with one attached hydrogen (secondary N) is 1. The zero-order valence-corrected chi connectivity index (χ0v) is 18.4. The monoisotopic (exact) mass is 416 g/mol. The summed E-state index contributed by atoms with van der Waals surface area (Å²) in [6.45, 7) is 11.0. The SMILES string of the molecule is Cc1nn(C(C)(C)C)c(C)c1S(=O)(=O)NC1CCN(c2ccc(C#N)cn2)CC1. The Morgan fingerprint density at radius 1 is 1.21 bits per heavy atom. The van der Waals surface area contributed by atoms with Gasteiger partial charge >= 0.3 is 0 Å². The third-order valence-electron chi connectivity index (χ3n) is 5.15. The van der Waals surface area contributed by atoms with Gasteiger partial charge in [-0.05, 0) is 59.6 Å². The third-order valence-corrected chi connectivity index (χ3v) is 6.92. The Bertz CT molecular complexity index is 1020. The topological polar surface area (TPSA) is 104 Å². The van der Waals surface area contributed by atoms with E-state index in [1.807, 2.05) is 26.8 Å². The van der Waals surface area contributed by atoms with Crippen LogP contribution in [0.15, 0.2) is 23.2 Å². The molecule has 0 amide bonds. The zero-order valence-electron chi connectivity index (χ0n) is 17.6. The molecule has 9 heteroatoms. The van der Waals surface area contributed by atoms with Crippen LogP contribution in [0.2, 0.25) is 0 Å².